The summed E-state index contributed by atoms with van der Waals surface area (Å²) in [5.74, 6) is 0.341. The van der Waals surface area contributed by atoms with Crippen molar-refractivity contribution >= 4 is 16.9 Å². The van der Waals surface area contributed by atoms with Gasteiger partial charge >= 0.3 is 11.6 Å². The molecule has 0 atom stereocenters. The number of aromatic hydroxyl groups is 1. The number of ether oxygens (including phenoxy) is 1. The van der Waals surface area contributed by atoms with Gasteiger partial charge < -0.3 is 18.8 Å². The Morgan fingerprint density at radius 3 is 2.73 bits per heavy atom. The van der Waals surface area contributed by atoms with Crippen molar-refractivity contribution in [1.82, 2.24) is 5.16 Å². The van der Waals surface area contributed by atoms with Crippen molar-refractivity contribution in [3.63, 3.8) is 0 Å². The molecular formula is C19H19NO6. The first-order chi connectivity index (χ1) is 12.4. The second-order valence-electron chi connectivity index (χ2n) is 6.14. The van der Waals surface area contributed by atoms with E-state index in [0.29, 0.717) is 34.3 Å². The quantitative estimate of drug-likeness (QED) is 0.553. The van der Waals surface area contributed by atoms with Crippen LogP contribution in [0.25, 0.3) is 11.0 Å². The predicted molar refractivity (Wildman–Crippen MR) is 93.0 cm³/mol. The third-order valence-corrected chi connectivity index (χ3v) is 4.37. The maximum Gasteiger partial charge on any atom is 0.336 e. The van der Waals surface area contributed by atoms with Gasteiger partial charge in [-0.1, -0.05) is 5.16 Å². The number of nitrogens with zero attached hydrogens (tertiary/aromatic N) is 1. The first-order valence-electron chi connectivity index (χ1n) is 8.19. The van der Waals surface area contributed by atoms with Crippen molar-refractivity contribution in [2.45, 2.75) is 40.2 Å². The van der Waals surface area contributed by atoms with Gasteiger partial charge in [0.25, 0.3) is 0 Å². The van der Waals surface area contributed by atoms with E-state index in [4.69, 9.17) is 13.7 Å². The number of aromatic nitrogens is 1. The minimum Gasteiger partial charge on any atom is -0.508 e. The molecule has 7 nitrogen and oxygen atoms in total. The number of phenolic OH excluding ortho intramolecular Hbond substituents is 1. The van der Waals surface area contributed by atoms with Crippen molar-refractivity contribution < 1.29 is 23.6 Å². The third kappa shape index (κ3) is 3.46. The highest BCUT2D eigenvalue weighted by Crippen LogP contribution is 2.27. The van der Waals surface area contributed by atoms with Crippen molar-refractivity contribution in [3.05, 3.63) is 56.8 Å². The first kappa shape index (κ1) is 17.7. The normalized spacial score (nSPS) is 11.0. The number of carbonyl (C=O) groups is 1. The lowest BCUT2D eigenvalue weighted by atomic mass is 10.1. The number of carbonyl (C=O) groups excluding carboxylic acids is 1. The minimum atomic E-state index is -0.562. The summed E-state index contributed by atoms with van der Waals surface area (Å²) >= 11 is 0. The Bertz CT molecular complexity index is 1010. The van der Waals surface area contributed by atoms with E-state index in [2.05, 4.69) is 5.16 Å². The number of benzene rings is 1. The topological polar surface area (TPSA) is 103 Å². The largest absolute Gasteiger partial charge is 0.508 e. The maximum atomic E-state index is 12.1. The van der Waals surface area contributed by atoms with Crippen LogP contribution in [-0.4, -0.2) is 16.2 Å². The highest BCUT2D eigenvalue weighted by molar-refractivity contribution is 5.85. The molecule has 0 amide bonds. The van der Waals surface area contributed by atoms with Crippen LogP contribution in [0.15, 0.2) is 31.9 Å². The molecule has 0 aliphatic carbocycles. The number of aryl methyl sites for hydroxylation is 3. The molecule has 1 N–H and O–H groups in total. The molecule has 2 aromatic heterocycles. The van der Waals surface area contributed by atoms with E-state index >= 15 is 0 Å². The average Bonchev–Trinajstić information content (AvgIpc) is 2.92. The van der Waals surface area contributed by atoms with Crippen LogP contribution in [0.3, 0.4) is 0 Å². The van der Waals surface area contributed by atoms with Gasteiger partial charge in [0.15, 0.2) is 0 Å². The molecule has 1 aromatic carbocycles. The summed E-state index contributed by atoms with van der Waals surface area (Å²) in [6.07, 6.45) is 0.659. The monoisotopic (exact) mass is 357 g/mol. The Hall–Kier alpha value is -3.09. The van der Waals surface area contributed by atoms with Gasteiger partial charge in [0.1, 0.15) is 23.7 Å². The molecule has 0 fully saturated rings. The second-order valence-corrected chi connectivity index (χ2v) is 6.14. The number of rotatable bonds is 5. The fraction of sp³-hybridized carbons (Fsp3) is 0.316. The van der Waals surface area contributed by atoms with E-state index < -0.39 is 5.63 Å². The molecule has 0 aliphatic rings. The molecule has 136 valence electrons. The summed E-state index contributed by atoms with van der Waals surface area (Å²) in [4.78, 5) is 23.8. The van der Waals surface area contributed by atoms with Gasteiger partial charge in [0, 0.05) is 34.6 Å². The van der Waals surface area contributed by atoms with Crippen LogP contribution in [0.2, 0.25) is 0 Å². The lowest BCUT2D eigenvalue weighted by molar-refractivity contribution is -0.144. The van der Waals surface area contributed by atoms with Gasteiger partial charge in [-0.15, -0.1) is 0 Å². The molecule has 0 saturated heterocycles. The van der Waals surface area contributed by atoms with Crippen LogP contribution in [0.5, 0.6) is 5.75 Å². The van der Waals surface area contributed by atoms with Gasteiger partial charge in [-0.25, -0.2) is 4.79 Å². The number of esters is 1. The van der Waals surface area contributed by atoms with Gasteiger partial charge in [-0.3, -0.25) is 4.79 Å². The van der Waals surface area contributed by atoms with Crippen molar-refractivity contribution in [2.24, 2.45) is 0 Å². The number of hydrogen-bond acceptors (Lipinski definition) is 7. The lowest BCUT2D eigenvalue weighted by Crippen LogP contribution is -2.09. The second kappa shape index (κ2) is 7.03. The summed E-state index contributed by atoms with van der Waals surface area (Å²) in [6, 6.07) is 4.44. The zero-order valence-corrected chi connectivity index (χ0v) is 14.8. The van der Waals surface area contributed by atoms with E-state index in [1.807, 2.05) is 6.92 Å². The van der Waals surface area contributed by atoms with E-state index in [-0.39, 0.29) is 24.7 Å². The maximum absolute atomic E-state index is 12.1. The Balaban J connectivity index is 1.72. The first-order valence-corrected chi connectivity index (χ1v) is 8.19. The Morgan fingerprint density at radius 2 is 2.04 bits per heavy atom. The SMILES string of the molecule is Cc1noc(C)c1CCC(=O)OCc1cc(=O)oc2c(C)c(O)ccc12. The Labute approximate surface area is 149 Å². The fourth-order valence-electron chi connectivity index (χ4n) is 2.85. The number of fused-ring (bicyclic) bond motifs is 1. The average molecular weight is 357 g/mol. The summed E-state index contributed by atoms with van der Waals surface area (Å²) in [5, 5.41) is 14.2. The molecular weight excluding hydrogens is 338 g/mol. The molecule has 0 spiro atoms. The van der Waals surface area contributed by atoms with Crippen LogP contribution in [0.1, 0.15) is 34.6 Å². The van der Waals surface area contributed by atoms with E-state index in [1.54, 1.807) is 19.9 Å². The summed E-state index contributed by atoms with van der Waals surface area (Å²) < 4.78 is 15.5. The van der Waals surface area contributed by atoms with Gasteiger partial charge in [0.05, 0.1) is 5.69 Å². The van der Waals surface area contributed by atoms with Gasteiger partial charge in [-0.2, -0.15) is 0 Å². The molecule has 0 radical (unpaired) electrons. The highest BCUT2D eigenvalue weighted by Gasteiger charge is 2.14. The van der Waals surface area contributed by atoms with Crippen molar-refractivity contribution in [1.29, 1.82) is 0 Å². The van der Waals surface area contributed by atoms with Crippen LogP contribution in [-0.2, 0) is 22.6 Å². The van der Waals surface area contributed by atoms with Crippen molar-refractivity contribution in [3.8, 4) is 5.75 Å². The Kier molecular flexibility index (Phi) is 4.79. The molecule has 3 aromatic rings. The summed E-state index contributed by atoms with van der Waals surface area (Å²) in [6.45, 7) is 5.23. The standard InChI is InChI=1S/C19H19NO6/c1-10-16(21)6-4-15-13(8-18(23)25-19(10)15)9-24-17(22)7-5-14-11(2)20-26-12(14)3/h4,6,8,21H,5,7,9H2,1-3H3. The number of hydrogen-bond donors (Lipinski definition) is 1. The van der Waals surface area contributed by atoms with Gasteiger partial charge in [-0.05, 0) is 39.3 Å². The molecule has 7 heteroatoms. The van der Waals surface area contributed by atoms with Crippen molar-refractivity contribution in [2.75, 3.05) is 0 Å². The predicted octanol–water partition coefficient (Wildman–Crippen LogP) is 3.09. The molecule has 2 heterocycles. The molecule has 3 rings (SSSR count). The highest BCUT2D eigenvalue weighted by atomic mass is 16.5. The third-order valence-electron chi connectivity index (χ3n) is 4.37. The lowest BCUT2D eigenvalue weighted by Gasteiger charge is -2.09. The number of phenols is 1. The molecule has 0 bridgehead atoms. The van der Waals surface area contributed by atoms with Crippen LogP contribution >= 0.6 is 0 Å². The van der Waals surface area contributed by atoms with E-state index in [0.717, 1.165) is 11.3 Å². The molecule has 0 aliphatic heterocycles. The smallest absolute Gasteiger partial charge is 0.336 e. The Morgan fingerprint density at radius 1 is 1.27 bits per heavy atom. The van der Waals surface area contributed by atoms with Crippen LogP contribution < -0.4 is 5.63 Å². The van der Waals surface area contributed by atoms with Crippen LogP contribution in [0.4, 0.5) is 0 Å². The molecule has 0 unspecified atom stereocenters. The molecule has 0 saturated carbocycles. The molecule has 26 heavy (non-hydrogen) atoms. The summed E-state index contributed by atoms with van der Waals surface area (Å²) in [5.41, 5.74) is 2.39. The zero-order valence-electron chi connectivity index (χ0n) is 14.8. The fourth-order valence-corrected chi connectivity index (χ4v) is 2.85. The minimum absolute atomic E-state index is 0.0363. The van der Waals surface area contributed by atoms with Gasteiger partial charge in [0.2, 0.25) is 0 Å². The van der Waals surface area contributed by atoms with E-state index in [9.17, 15) is 14.7 Å². The summed E-state index contributed by atoms with van der Waals surface area (Å²) in [7, 11) is 0. The zero-order chi connectivity index (χ0) is 18.8. The van der Waals surface area contributed by atoms with Crippen LogP contribution in [0, 0.1) is 20.8 Å². The van der Waals surface area contributed by atoms with E-state index in [1.165, 1.54) is 12.1 Å².